The molecule has 3 heteroatoms. The van der Waals surface area contributed by atoms with Crippen molar-refractivity contribution < 1.29 is 0 Å². The summed E-state index contributed by atoms with van der Waals surface area (Å²) in [6, 6.07) is 10.4. The molecular weight excluding hydrogens is 246 g/mol. The lowest BCUT2D eigenvalue weighted by atomic mass is 10.1. The minimum Gasteiger partial charge on any atom is -0.368 e. The van der Waals surface area contributed by atoms with Gasteiger partial charge in [0.05, 0.1) is 5.70 Å². The smallest absolute Gasteiger partial charge is 0.0545 e. The highest BCUT2D eigenvalue weighted by atomic mass is 15.2. The molecule has 1 fully saturated rings. The van der Waals surface area contributed by atoms with Gasteiger partial charge in [-0.25, -0.2) is 0 Å². The third kappa shape index (κ3) is 4.35. The maximum Gasteiger partial charge on any atom is 0.0545 e. The van der Waals surface area contributed by atoms with Crippen LogP contribution in [0.25, 0.3) is 0 Å². The van der Waals surface area contributed by atoms with Crippen molar-refractivity contribution >= 4 is 6.21 Å². The minimum atomic E-state index is 0.936. The molecular formula is C17H23N3. The summed E-state index contributed by atoms with van der Waals surface area (Å²) in [4.78, 5) is 4.60. The van der Waals surface area contributed by atoms with Gasteiger partial charge in [-0.15, -0.1) is 0 Å². The molecule has 2 rings (SSSR count). The number of piperazine rings is 1. The van der Waals surface area contributed by atoms with Crippen molar-refractivity contribution in [3.63, 3.8) is 0 Å². The molecule has 0 saturated carbocycles. The van der Waals surface area contributed by atoms with E-state index in [2.05, 4.69) is 53.3 Å². The van der Waals surface area contributed by atoms with E-state index < -0.39 is 0 Å². The first-order valence-electron chi connectivity index (χ1n) is 7.14. The van der Waals surface area contributed by atoms with Crippen molar-refractivity contribution in [2.75, 3.05) is 33.2 Å². The van der Waals surface area contributed by atoms with Crippen LogP contribution in [-0.4, -0.2) is 49.2 Å². The van der Waals surface area contributed by atoms with E-state index >= 15 is 0 Å². The van der Waals surface area contributed by atoms with Crippen LogP contribution >= 0.6 is 0 Å². The summed E-state index contributed by atoms with van der Waals surface area (Å²) in [5.74, 6) is 0. The van der Waals surface area contributed by atoms with Crippen LogP contribution in [0.1, 0.15) is 5.56 Å². The molecule has 1 heterocycles. The third-order valence-corrected chi connectivity index (χ3v) is 3.62. The number of benzene rings is 1. The zero-order valence-corrected chi connectivity index (χ0v) is 12.1. The first-order chi connectivity index (χ1) is 9.79. The fourth-order valence-corrected chi connectivity index (χ4v) is 2.29. The summed E-state index contributed by atoms with van der Waals surface area (Å²) in [7, 11) is 2.14. The predicted molar refractivity (Wildman–Crippen MR) is 85.2 cm³/mol. The van der Waals surface area contributed by atoms with Crippen LogP contribution in [0, 0.1) is 5.41 Å². The fraction of sp³-hybridized carbons (Fsp3) is 0.353. The highest BCUT2D eigenvalue weighted by Crippen LogP contribution is 2.07. The summed E-state index contributed by atoms with van der Waals surface area (Å²) >= 11 is 0. The second-order valence-corrected chi connectivity index (χ2v) is 5.14. The molecule has 106 valence electrons. The second kappa shape index (κ2) is 7.65. The Kier molecular flexibility index (Phi) is 5.56. The normalized spacial score (nSPS) is 17.6. The van der Waals surface area contributed by atoms with Crippen LogP contribution in [0.4, 0.5) is 0 Å². The molecule has 0 aliphatic carbocycles. The maximum absolute atomic E-state index is 7.56. The van der Waals surface area contributed by atoms with Crippen LogP contribution in [-0.2, 0) is 6.42 Å². The van der Waals surface area contributed by atoms with Crippen LogP contribution in [0.5, 0.6) is 0 Å². The third-order valence-electron chi connectivity index (χ3n) is 3.62. The van der Waals surface area contributed by atoms with Gasteiger partial charge in [-0.1, -0.05) is 42.5 Å². The molecule has 0 radical (unpaired) electrons. The zero-order valence-electron chi connectivity index (χ0n) is 12.1. The largest absolute Gasteiger partial charge is 0.368 e. The molecule has 1 N–H and O–H groups in total. The van der Waals surface area contributed by atoms with Crippen molar-refractivity contribution in [2.24, 2.45) is 0 Å². The van der Waals surface area contributed by atoms with E-state index in [0.29, 0.717) is 0 Å². The Labute approximate surface area is 121 Å². The maximum atomic E-state index is 7.56. The van der Waals surface area contributed by atoms with Crippen molar-refractivity contribution in [2.45, 2.75) is 6.42 Å². The monoisotopic (exact) mass is 269 g/mol. The van der Waals surface area contributed by atoms with Crippen LogP contribution < -0.4 is 0 Å². The summed E-state index contributed by atoms with van der Waals surface area (Å²) in [5, 5.41) is 7.56. The number of allylic oxidation sites excluding steroid dienone is 4. The van der Waals surface area contributed by atoms with Crippen LogP contribution in [0.15, 0.2) is 54.3 Å². The lowest BCUT2D eigenvalue weighted by Gasteiger charge is -2.34. The van der Waals surface area contributed by atoms with Gasteiger partial charge in [0.15, 0.2) is 0 Å². The van der Waals surface area contributed by atoms with E-state index in [1.165, 1.54) is 11.8 Å². The van der Waals surface area contributed by atoms with Gasteiger partial charge >= 0.3 is 0 Å². The molecule has 0 bridgehead atoms. The molecule has 0 aromatic heterocycles. The van der Waals surface area contributed by atoms with E-state index in [-0.39, 0.29) is 0 Å². The quantitative estimate of drug-likeness (QED) is 0.658. The Hall–Kier alpha value is -1.87. The van der Waals surface area contributed by atoms with Gasteiger partial charge in [0, 0.05) is 32.4 Å². The van der Waals surface area contributed by atoms with Crippen molar-refractivity contribution in [3.8, 4) is 0 Å². The Morgan fingerprint density at radius 2 is 1.85 bits per heavy atom. The molecule has 0 amide bonds. The summed E-state index contributed by atoms with van der Waals surface area (Å²) in [6.45, 7) is 4.15. The second-order valence-electron chi connectivity index (χ2n) is 5.14. The van der Waals surface area contributed by atoms with Crippen LogP contribution in [0.2, 0.25) is 0 Å². The van der Waals surface area contributed by atoms with E-state index in [1.54, 1.807) is 0 Å². The zero-order chi connectivity index (χ0) is 14.2. The number of hydrogen-bond acceptors (Lipinski definition) is 3. The Morgan fingerprint density at radius 1 is 1.15 bits per heavy atom. The molecule has 20 heavy (non-hydrogen) atoms. The number of nitrogens with zero attached hydrogens (tertiary/aromatic N) is 2. The van der Waals surface area contributed by atoms with Gasteiger partial charge in [-0.05, 0) is 25.1 Å². The van der Waals surface area contributed by atoms with E-state index in [0.717, 1.165) is 38.3 Å². The van der Waals surface area contributed by atoms with Crippen molar-refractivity contribution in [1.29, 1.82) is 5.41 Å². The summed E-state index contributed by atoms with van der Waals surface area (Å²) in [5.41, 5.74) is 2.32. The average molecular weight is 269 g/mol. The molecule has 0 unspecified atom stereocenters. The molecule has 1 aromatic rings. The molecule has 1 aliphatic heterocycles. The van der Waals surface area contributed by atoms with E-state index in [1.807, 2.05) is 12.1 Å². The SMILES string of the molecule is CN1CCN(/C(C=N)=C/C=C/Cc2ccccc2)CC1. The number of rotatable bonds is 5. The fourth-order valence-electron chi connectivity index (χ4n) is 2.29. The van der Waals surface area contributed by atoms with Gasteiger partial charge in [0.25, 0.3) is 0 Å². The number of hydrogen-bond donors (Lipinski definition) is 1. The Morgan fingerprint density at radius 3 is 2.50 bits per heavy atom. The first kappa shape index (κ1) is 14.5. The lowest BCUT2D eigenvalue weighted by Crippen LogP contribution is -2.44. The van der Waals surface area contributed by atoms with Gasteiger partial charge in [0.1, 0.15) is 0 Å². The summed E-state index contributed by atoms with van der Waals surface area (Å²) in [6.07, 6.45) is 8.64. The van der Waals surface area contributed by atoms with Gasteiger partial charge in [-0.2, -0.15) is 0 Å². The molecule has 1 saturated heterocycles. The topological polar surface area (TPSA) is 30.3 Å². The van der Waals surface area contributed by atoms with Gasteiger partial charge in [0.2, 0.25) is 0 Å². The molecule has 1 aliphatic rings. The Balaban J connectivity index is 1.89. The summed E-state index contributed by atoms with van der Waals surface area (Å²) < 4.78 is 0. The van der Waals surface area contributed by atoms with Crippen LogP contribution in [0.3, 0.4) is 0 Å². The molecule has 3 nitrogen and oxygen atoms in total. The number of likely N-dealkylation sites (N-methyl/N-ethyl adjacent to an activating group) is 1. The van der Waals surface area contributed by atoms with E-state index in [4.69, 9.17) is 5.41 Å². The first-order valence-corrected chi connectivity index (χ1v) is 7.14. The van der Waals surface area contributed by atoms with Gasteiger partial charge in [-0.3, -0.25) is 0 Å². The number of nitrogens with one attached hydrogen (secondary N) is 1. The lowest BCUT2D eigenvalue weighted by molar-refractivity contribution is 0.193. The van der Waals surface area contributed by atoms with Crippen molar-refractivity contribution in [3.05, 3.63) is 59.8 Å². The predicted octanol–water partition coefficient (Wildman–Crippen LogP) is 2.57. The van der Waals surface area contributed by atoms with E-state index in [9.17, 15) is 0 Å². The minimum absolute atomic E-state index is 0.936. The average Bonchev–Trinajstić information content (AvgIpc) is 2.50. The highest BCUT2D eigenvalue weighted by molar-refractivity contribution is 5.75. The highest BCUT2D eigenvalue weighted by Gasteiger charge is 2.14. The molecule has 0 atom stereocenters. The molecule has 0 spiro atoms. The Bertz CT molecular complexity index is 468. The van der Waals surface area contributed by atoms with Crippen molar-refractivity contribution in [1.82, 2.24) is 9.80 Å². The van der Waals surface area contributed by atoms with Gasteiger partial charge < -0.3 is 15.2 Å². The standard InChI is InChI=1S/C17H23N3/c1-19-11-13-20(14-12-19)17(15-18)10-6-5-9-16-7-3-2-4-8-16/h2-8,10,15,18H,9,11-14H2,1H3/b6-5+,17-10+,18-15?. The molecule has 1 aromatic carbocycles.